The zero-order valence-corrected chi connectivity index (χ0v) is 21.4. The third kappa shape index (κ3) is 5.87. The molecule has 4 nitrogen and oxygen atoms in total. The Bertz CT molecular complexity index is 927. The normalized spacial score (nSPS) is 12.4. The van der Waals surface area contributed by atoms with Crippen LogP contribution in [0.25, 0.3) is 0 Å². The van der Waals surface area contributed by atoms with Crippen LogP contribution in [-0.2, 0) is 9.59 Å². The van der Waals surface area contributed by atoms with Gasteiger partial charge in [0, 0.05) is 23.7 Å². The van der Waals surface area contributed by atoms with Crippen molar-refractivity contribution in [1.82, 2.24) is 0 Å². The van der Waals surface area contributed by atoms with Gasteiger partial charge in [-0.1, -0.05) is 29.8 Å². The van der Waals surface area contributed by atoms with E-state index in [9.17, 15) is 9.59 Å². The van der Waals surface area contributed by atoms with Gasteiger partial charge in [0.05, 0.1) is 12.3 Å². The monoisotopic (exact) mass is 461 g/mol. The van der Waals surface area contributed by atoms with Crippen molar-refractivity contribution in [2.45, 2.75) is 54.1 Å². The van der Waals surface area contributed by atoms with E-state index >= 15 is 0 Å². The molecule has 0 aliphatic carbocycles. The summed E-state index contributed by atoms with van der Waals surface area (Å²) < 4.78 is 0. The molecule has 2 aromatic rings. The molecule has 2 amide bonds. The molecule has 1 atom stereocenters. The highest BCUT2D eigenvalue weighted by Crippen LogP contribution is 2.62. The molecule has 0 saturated heterocycles. The van der Waals surface area contributed by atoms with Gasteiger partial charge in [-0.3, -0.25) is 9.59 Å². The number of anilines is 2. The fraction of sp³-hybridized carbons (Fsp3) is 0.440. The van der Waals surface area contributed by atoms with Crippen LogP contribution in [-0.4, -0.2) is 36.0 Å². The Morgan fingerprint density at radius 3 is 1.87 bits per heavy atom. The predicted octanol–water partition coefficient (Wildman–Crippen LogP) is 6.60. The Balaban J connectivity index is 2.22. The molecular formula is C25H35ClN2O2P+. The minimum Gasteiger partial charge on any atom is -0.322 e. The number of benzene rings is 2. The van der Waals surface area contributed by atoms with Crippen LogP contribution in [0.2, 0.25) is 5.02 Å². The molecule has 0 spiro atoms. The molecule has 0 aromatic heterocycles. The Morgan fingerprint density at radius 1 is 0.903 bits per heavy atom. The molecule has 0 bridgehead atoms. The lowest BCUT2D eigenvalue weighted by molar-refractivity contribution is -0.115. The second-order valence-electron chi connectivity index (χ2n) is 8.40. The van der Waals surface area contributed by atoms with E-state index in [4.69, 9.17) is 11.6 Å². The summed E-state index contributed by atoms with van der Waals surface area (Å²) in [6.45, 7) is 14.1. The van der Waals surface area contributed by atoms with Gasteiger partial charge in [0.15, 0.2) is 0 Å². The second kappa shape index (κ2) is 10.6. The molecule has 0 saturated carbocycles. The van der Waals surface area contributed by atoms with Gasteiger partial charge in [0.2, 0.25) is 0 Å². The summed E-state index contributed by atoms with van der Waals surface area (Å²) in [4.78, 5) is 26.3. The molecule has 31 heavy (non-hydrogen) atoms. The zero-order valence-electron chi connectivity index (χ0n) is 19.7. The fourth-order valence-electron chi connectivity index (χ4n) is 4.19. The largest absolute Gasteiger partial charge is 0.322 e. The Hall–Kier alpha value is -1.90. The number of halogens is 1. The van der Waals surface area contributed by atoms with Crippen LogP contribution in [0.3, 0.4) is 0 Å². The average Bonchev–Trinajstić information content (AvgIpc) is 2.71. The minimum atomic E-state index is -1.86. The molecule has 2 aromatic carbocycles. The van der Waals surface area contributed by atoms with E-state index in [1.807, 2.05) is 65.0 Å². The number of aryl methyl sites for hydroxylation is 4. The van der Waals surface area contributed by atoms with Crippen molar-refractivity contribution in [1.29, 1.82) is 0 Å². The number of carbonyl (C=O) groups excluding carboxylic acids is 2. The van der Waals surface area contributed by atoms with Crippen molar-refractivity contribution < 1.29 is 9.59 Å². The van der Waals surface area contributed by atoms with Crippen LogP contribution in [0.15, 0.2) is 30.3 Å². The van der Waals surface area contributed by atoms with Crippen molar-refractivity contribution in [3.05, 3.63) is 57.6 Å². The van der Waals surface area contributed by atoms with E-state index in [-0.39, 0.29) is 17.5 Å². The van der Waals surface area contributed by atoms with E-state index in [0.717, 1.165) is 46.0 Å². The van der Waals surface area contributed by atoms with Gasteiger partial charge in [-0.05, 0) is 82.9 Å². The average molecular weight is 462 g/mol. The molecule has 0 fully saturated rings. The summed E-state index contributed by atoms with van der Waals surface area (Å²) in [5.41, 5.74) is 5.44. The number of rotatable bonds is 8. The summed E-state index contributed by atoms with van der Waals surface area (Å²) in [5, 5.41) is 6.89. The predicted molar refractivity (Wildman–Crippen MR) is 136 cm³/mol. The van der Waals surface area contributed by atoms with Gasteiger partial charge in [-0.2, -0.15) is 0 Å². The van der Waals surface area contributed by atoms with Gasteiger partial charge in [-0.25, -0.2) is 0 Å². The van der Waals surface area contributed by atoms with Gasteiger partial charge < -0.3 is 10.6 Å². The summed E-state index contributed by atoms with van der Waals surface area (Å²) in [5.74, 6) is -0.0293. The first kappa shape index (κ1) is 25.4. The Morgan fingerprint density at radius 2 is 1.39 bits per heavy atom. The standard InChI is InChI=1S/C25H34ClN2O2P/c1-8-31(9-2,15-22(29)27-23-16(3)11-10-12-17(23)4)20(7)25(30)28-24-18(5)13-21(26)14-19(24)6/h10-14,20H,8-9,15H2,1-7H3,(H-,27,28,29,30)/p+1. The number of hydrogen-bond acceptors (Lipinski definition) is 2. The number of nitrogens with one attached hydrogen (secondary N) is 2. The minimum absolute atomic E-state index is 0.00654. The quantitative estimate of drug-likeness (QED) is 0.435. The lowest BCUT2D eigenvalue weighted by Crippen LogP contribution is -2.34. The molecule has 168 valence electrons. The van der Waals surface area contributed by atoms with E-state index in [2.05, 4.69) is 24.5 Å². The topological polar surface area (TPSA) is 58.2 Å². The lowest BCUT2D eigenvalue weighted by atomic mass is 10.1. The first-order chi connectivity index (χ1) is 14.5. The molecule has 6 heteroatoms. The smallest absolute Gasteiger partial charge is 0.264 e. The molecular weight excluding hydrogens is 427 g/mol. The van der Waals surface area contributed by atoms with Gasteiger partial charge in [0.25, 0.3) is 11.8 Å². The Kier molecular flexibility index (Phi) is 8.68. The first-order valence-corrected chi connectivity index (χ1v) is 13.6. The number of amides is 2. The second-order valence-corrected chi connectivity index (χ2v) is 13.6. The van der Waals surface area contributed by atoms with Gasteiger partial charge in [-0.15, -0.1) is 0 Å². The van der Waals surface area contributed by atoms with E-state index < -0.39 is 7.26 Å². The highest BCUT2D eigenvalue weighted by molar-refractivity contribution is 7.78. The molecule has 1 unspecified atom stereocenters. The van der Waals surface area contributed by atoms with Crippen molar-refractivity contribution in [3.8, 4) is 0 Å². The van der Waals surface area contributed by atoms with Crippen molar-refractivity contribution in [2.75, 3.05) is 29.1 Å². The molecule has 0 radical (unpaired) electrons. The molecule has 0 aliphatic rings. The maximum atomic E-state index is 13.3. The van der Waals surface area contributed by atoms with Crippen molar-refractivity contribution in [2.24, 2.45) is 0 Å². The lowest BCUT2D eigenvalue weighted by Gasteiger charge is -2.30. The molecule has 2 N–H and O–H groups in total. The summed E-state index contributed by atoms with van der Waals surface area (Å²) in [7, 11) is -1.86. The van der Waals surface area contributed by atoms with Crippen molar-refractivity contribution in [3.63, 3.8) is 0 Å². The van der Waals surface area contributed by atoms with Crippen LogP contribution in [0.4, 0.5) is 11.4 Å². The van der Waals surface area contributed by atoms with Gasteiger partial charge in [0.1, 0.15) is 11.8 Å². The first-order valence-electron chi connectivity index (χ1n) is 10.8. The van der Waals surface area contributed by atoms with Crippen LogP contribution in [0, 0.1) is 27.7 Å². The van der Waals surface area contributed by atoms with Crippen LogP contribution in [0.1, 0.15) is 43.0 Å². The zero-order chi connectivity index (χ0) is 23.3. The third-order valence-electron chi connectivity index (χ3n) is 6.41. The summed E-state index contributed by atoms with van der Waals surface area (Å²) in [6.07, 6.45) is 2.09. The number of para-hydroxylation sites is 1. The molecule has 2 rings (SSSR count). The van der Waals surface area contributed by atoms with Crippen LogP contribution >= 0.6 is 18.9 Å². The van der Waals surface area contributed by atoms with E-state index in [0.29, 0.717) is 11.2 Å². The fourth-order valence-corrected chi connectivity index (χ4v) is 8.00. The number of carbonyl (C=O) groups is 2. The highest BCUT2D eigenvalue weighted by atomic mass is 35.5. The molecule has 0 aliphatic heterocycles. The summed E-state index contributed by atoms with van der Waals surface area (Å²) in [6, 6.07) is 9.70. The third-order valence-corrected chi connectivity index (χ3v) is 11.9. The van der Waals surface area contributed by atoms with Crippen LogP contribution < -0.4 is 10.6 Å². The number of hydrogen-bond donors (Lipinski definition) is 2. The highest BCUT2D eigenvalue weighted by Gasteiger charge is 2.46. The van der Waals surface area contributed by atoms with E-state index in [1.165, 1.54) is 0 Å². The van der Waals surface area contributed by atoms with Crippen LogP contribution in [0.5, 0.6) is 0 Å². The SMILES string of the molecule is CC[P+](CC)(CC(=O)Nc1c(C)cccc1C)C(C)C(=O)Nc1c(C)cc(Cl)cc1C. The maximum absolute atomic E-state index is 13.3. The molecule has 0 heterocycles. The van der Waals surface area contributed by atoms with Crippen molar-refractivity contribution >= 4 is 42.1 Å². The van der Waals surface area contributed by atoms with Gasteiger partial charge >= 0.3 is 0 Å². The van der Waals surface area contributed by atoms with E-state index in [1.54, 1.807) is 0 Å². The summed E-state index contributed by atoms with van der Waals surface area (Å²) >= 11 is 6.13. The maximum Gasteiger partial charge on any atom is 0.264 e. The Labute approximate surface area is 192 Å².